The maximum absolute atomic E-state index is 6.86. The topological polar surface area (TPSA) is 49.9 Å². The predicted octanol–water partition coefficient (Wildman–Crippen LogP) is 11.7. The molecule has 0 saturated heterocycles. The minimum atomic E-state index is -0.310. The normalized spacial score (nSPS) is 14.5. The fraction of sp³-hybridized carbons (Fsp3) is 0.0213. The molecule has 8 aromatic carbocycles. The van der Waals surface area contributed by atoms with E-state index in [1.807, 2.05) is 36.4 Å². The average Bonchev–Trinajstić information content (AvgIpc) is 3.61. The van der Waals surface area contributed by atoms with Gasteiger partial charge < -0.3 is 9.73 Å². The second-order valence-electron chi connectivity index (χ2n) is 13.0. The van der Waals surface area contributed by atoms with Crippen LogP contribution in [0.15, 0.2) is 190 Å². The van der Waals surface area contributed by atoms with Crippen molar-refractivity contribution in [3.63, 3.8) is 0 Å². The molecule has 0 fully saturated rings. The largest absolute Gasteiger partial charge is 0.455 e. The van der Waals surface area contributed by atoms with Crippen LogP contribution >= 0.6 is 0 Å². The van der Waals surface area contributed by atoms with Crippen molar-refractivity contribution in [2.75, 3.05) is 0 Å². The van der Waals surface area contributed by atoms with Crippen molar-refractivity contribution in [3.8, 4) is 22.3 Å². The average molecular weight is 654 g/mol. The quantitative estimate of drug-likeness (QED) is 0.201. The van der Waals surface area contributed by atoms with Gasteiger partial charge in [-0.3, -0.25) is 0 Å². The first-order valence-corrected chi connectivity index (χ1v) is 17.3. The van der Waals surface area contributed by atoms with Crippen LogP contribution in [0.1, 0.15) is 22.9 Å². The number of amidine groups is 2. The van der Waals surface area contributed by atoms with Gasteiger partial charge in [0.2, 0.25) is 0 Å². The van der Waals surface area contributed by atoms with Crippen molar-refractivity contribution < 1.29 is 4.42 Å². The molecule has 1 unspecified atom stereocenters. The summed E-state index contributed by atoms with van der Waals surface area (Å²) in [5, 5.41) is 10.6. The van der Waals surface area contributed by atoms with E-state index in [1.54, 1.807) is 0 Å². The van der Waals surface area contributed by atoms with E-state index in [0.717, 1.165) is 61.0 Å². The molecule has 0 aliphatic carbocycles. The number of benzene rings is 8. The Morgan fingerprint density at radius 1 is 0.451 bits per heavy atom. The maximum atomic E-state index is 6.86. The summed E-state index contributed by atoms with van der Waals surface area (Å²) >= 11 is 0. The summed E-state index contributed by atoms with van der Waals surface area (Å²) in [5.41, 5.74) is 9.18. The maximum Gasteiger partial charge on any atom is 0.163 e. The molecule has 9 aromatic rings. The Bertz CT molecular complexity index is 2810. The Kier molecular flexibility index (Phi) is 6.85. The Morgan fingerprint density at radius 3 is 1.86 bits per heavy atom. The molecule has 0 bridgehead atoms. The van der Waals surface area contributed by atoms with Crippen molar-refractivity contribution in [3.05, 3.63) is 193 Å². The number of hydrogen-bond acceptors (Lipinski definition) is 4. The van der Waals surface area contributed by atoms with E-state index in [0.29, 0.717) is 5.84 Å². The molecule has 0 amide bonds. The van der Waals surface area contributed by atoms with Gasteiger partial charge in [-0.25, -0.2) is 9.98 Å². The monoisotopic (exact) mass is 653 g/mol. The van der Waals surface area contributed by atoms with Gasteiger partial charge in [-0.15, -0.1) is 0 Å². The molecule has 2 heterocycles. The predicted molar refractivity (Wildman–Crippen MR) is 211 cm³/mol. The van der Waals surface area contributed by atoms with Gasteiger partial charge >= 0.3 is 0 Å². The molecule has 4 nitrogen and oxygen atoms in total. The lowest BCUT2D eigenvalue weighted by Gasteiger charge is -2.23. The third-order valence-electron chi connectivity index (χ3n) is 9.95. The highest BCUT2D eigenvalue weighted by atomic mass is 16.3. The van der Waals surface area contributed by atoms with Crippen LogP contribution in [0.2, 0.25) is 0 Å². The molecule has 1 atom stereocenters. The minimum absolute atomic E-state index is 0.310. The number of aliphatic imine (C=N–C) groups is 2. The van der Waals surface area contributed by atoms with Crippen molar-refractivity contribution in [2.24, 2.45) is 9.98 Å². The van der Waals surface area contributed by atoms with Crippen LogP contribution in [-0.4, -0.2) is 11.7 Å². The molecule has 1 aliphatic rings. The molecule has 0 saturated carbocycles. The number of nitrogens with one attached hydrogen (secondary N) is 1. The van der Waals surface area contributed by atoms with Crippen molar-refractivity contribution in [1.82, 2.24) is 5.32 Å². The van der Waals surface area contributed by atoms with E-state index in [1.165, 1.54) is 27.3 Å². The zero-order valence-electron chi connectivity index (χ0n) is 27.6. The SMILES string of the molecule is c1ccc(C2=NC(c3ccc(-c4ccc(-c5cccc6ccccc56)cc4)c4c3oc3ccc5ccccc5c34)=NC(c3ccccc3)N2)cc1. The summed E-state index contributed by atoms with van der Waals surface area (Å²) in [5.74, 6) is 1.41. The Balaban J connectivity index is 1.19. The Hall–Kier alpha value is -6.78. The number of furan rings is 1. The molecular weight excluding hydrogens is 623 g/mol. The van der Waals surface area contributed by atoms with Crippen LogP contribution in [0.5, 0.6) is 0 Å². The zero-order chi connectivity index (χ0) is 33.7. The van der Waals surface area contributed by atoms with Gasteiger partial charge in [0.1, 0.15) is 23.2 Å². The van der Waals surface area contributed by atoms with Gasteiger partial charge in [-0.1, -0.05) is 164 Å². The zero-order valence-corrected chi connectivity index (χ0v) is 27.6. The molecule has 1 N–H and O–H groups in total. The molecule has 1 aromatic heterocycles. The lowest BCUT2D eigenvalue weighted by Crippen LogP contribution is -2.33. The van der Waals surface area contributed by atoms with E-state index in [9.17, 15) is 0 Å². The van der Waals surface area contributed by atoms with Crippen LogP contribution in [0.4, 0.5) is 0 Å². The van der Waals surface area contributed by atoms with Crippen LogP contribution < -0.4 is 5.32 Å². The molecule has 0 spiro atoms. The van der Waals surface area contributed by atoms with Gasteiger partial charge in [0.25, 0.3) is 0 Å². The highest BCUT2D eigenvalue weighted by Crippen LogP contribution is 2.43. The molecule has 0 radical (unpaired) electrons. The highest BCUT2D eigenvalue weighted by Gasteiger charge is 2.25. The summed E-state index contributed by atoms with van der Waals surface area (Å²) in [6.45, 7) is 0. The van der Waals surface area contributed by atoms with Crippen molar-refractivity contribution in [2.45, 2.75) is 6.17 Å². The summed E-state index contributed by atoms with van der Waals surface area (Å²) in [6, 6.07) is 61.6. The van der Waals surface area contributed by atoms with E-state index in [2.05, 4.69) is 145 Å². The first-order valence-electron chi connectivity index (χ1n) is 17.3. The second-order valence-corrected chi connectivity index (χ2v) is 13.0. The summed E-state index contributed by atoms with van der Waals surface area (Å²) in [6.07, 6.45) is -0.310. The molecular formula is C47H31N3O. The van der Waals surface area contributed by atoms with Crippen LogP contribution in [0.3, 0.4) is 0 Å². The molecule has 10 rings (SSSR count). The molecule has 51 heavy (non-hydrogen) atoms. The standard InChI is InChI=1S/C47H31N3O/c1-3-14-34(15-4-1)45-48-46(35-16-5-2-6-17-35)50-47(49-45)40-28-27-39(43-42-38-20-10-8-13-31(38)26-29-41(42)51-44(40)43)33-24-22-32(23-25-33)37-21-11-18-30-12-7-9-19-36(30)37/h1-29,45H,(H,48,49,50). The Labute approximate surface area is 295 Å². The fourth-order valence-electron chi connectivity index (χ4n) is 7.48. The van der Waals surface area contributed by atoms with Crippen LogP contribution in [0.25, 0.3) is 65.7 Å². The lowest BCUT2D eigenvalue weighted by atomic mass is 9.92. The van der Waals surface area contributed by atoms with Gasteiger partial charge in [-0.05, 0) is 61.5 Å². The first-order chi connectivity index (χ1) is 25.3. The van der Waals surface area contributed by atoms with E-state index in [4.69, 9.17) is 14.4 Å². The molecule has 4 heteroatoms. The van der Waals surface area contributed by atoms with E-state index in [-0.39, 0.29) is 6.17 Å². The fourth-order valence-corrected chi connectivity index (χ4v) is 7.48. The minimum Gasteiger partial charge on any atom is -0.455 e. The van der Waals surface area contributed by atoms with Crippen LogP contribution in [0, 0.1) is 0 Å². The van der Waals surface area contributed by atoms with Crippen molar-refractivity contribution >= 4 is 55.2 Å². The Morgan fingerprint density at radius 2 is 1.08 bits per heavy atom. The van der Waals surface area contributed by atoms with Gasteiger partial charge in [0, 0.05) is 16.3 Å². The number of fused-ring (bicyclic) bond motifs is 6. The third kappa shape index (κ3) is 5.00. The van der Waals surface area contributed by atoms with Gasteiger partial charge in [-0.2, -0.15) is 0 Å². The number of nitrogens with zero attached hydrogens (tertiary/aromatic N) is 2. The van der Waals surface area contributed by atoms with Crippen LogP contribution in [-0.2, 0) is 0 Å². The van der Waals surface area contributed by atoms with E-state index >= 15 is 0 Å². The summed E-state index contributed by atoms with van der Waals surface area (Å²) in [4.78, 5) is 10.4. The smallest absolute Gasteiger partial charge is 0.163 e. The second kappa shape index (κ2) is 12.0. The lowest BCUT2D eigenvalue weighted by molar-refractivity contribution is 0.663. The number of rotatable bonds is 5. The number of hydrogen-bond donors (Lipinski definition) is 1. The molecule has 240 valence electrons. The molecule has 1 aliphatic heterocycles. The van der Waals surface area contributed by atoms with E-state index < -0.39 is 0 Å². The van der Waals surface area contributed by atoms with Gasteiger partial charge in [0.15, 0.2) is 5.84 Å². The van der Waals surface area contributed by atoms with Gasteiger partial charge in [0.05, 0.1) is 5.56 Å². The summed E-state index contributed by atoms with van der Waals surface area (Å²) < 4.78 is 6.86. The highest BCUT2D eigenvalue weighted by molar-refractivity contribution is 6.27. The summed E-state index contributed by atoms with van der Waals surface area (Å²) in [7, 11) is 0. The first kappa shape index (κ1) is 29.2. The third-order valence-corrected chi connectivity index (χ3v) is 9.95. The van der Waals surface area contributed by atoms with Crippen molar-refractivity contribution in [1.29, 1.82) is 0 Å².